The van der Waals surface area contributed by atoms with Gasteiger partial charge in [0.1, 0.15) is 0 Å². The third-order valence-electron chi connectivity index (χ3n) is 3.73. The lowest BCUT2D eigenvalue weighted by Crippen LogP contribution is -2.42. The Kier molecular flexibility index (Phi) is 3.49. The van der Waals surface area contributed by atoms with Gasteiger partial charge < -0.3 is 9.80 Å². The number of aryl methyl sites for hydroxylation is 1. The predicted molar refractivity (Wildman–Crippen MR) is 70.1 cm³/mol. The van der Waals surface area contributed by atoms with Crippen LogP contribution in [0.4, 0.5) is 5.69 Å². The molecule has 0 unspecified atom stereocenters. The van der Waals surface area contributed by atoms with E-state index in [4.69, 9.17) is 0 Å². The highest BCUT2D eigenvalue weighted by Gasteiger charge is 2.21. The van der Waals surface area contributed by atoms with Crippen LogP contribution in [0.3, 0.4) is 0 Å². The van der Waals surface area contributed by atoms with Gasteiger partial charge in [0, 0.05) is 18.8 Å². The van der Waals surface area contributed by atoms with Crippen molar-refractivity contribution in [2.45, 2.75) is 25.8 Å². The predicted octanol–water partition coefficient (Wildman–Crippen LogP) is 2.53. The van der Waals surface area contributed by atoms with Crippen molar-refractivity contribution in [2.24, 2.45) is 0 Å². The topological polar surface area (TPSA) is 6.48 Å². The van der Waals surface area contributed by atoms with E-state index < -0.39 is 0 Å². The van der Waals surface area contributed by atoms with Gasteiger partial charge >= 0.3 is 0 Å². The summed E-state index contributed by atoms with van der Waals surface area (Å²) >= 11 is 0. The van der Waals surface area contributed by atoms with Crippen molar-refractivity contribution in [3.63, 3.8) is 0 Å². The van der Waals surface area contributed by atoms with Crippen LogP contribution in [0.5, 0.6) is 0 Å². The zero-order chi connectivity index (χ0) is 11.5. The van der Waals surface area contributed by atoms with Crippen molar-refractivity contribution in [2.75, 3.05) is 32.1 Å². The number of para-hydroxylation sites is 1. The number of benzene rings is 1. The van der Waals surface area contributed by atoms with Crippen LogP contribution in [0, 0.1) is 6.92 Å². The van der Waals surface area contributed by atoms with Gasteiger partial charge in [0.15, 0.2) is 0 Å². The van der Waals surface area contributed by atoms with E-state index >= 15 is 0 Å². The molecule has 1 aromatic carbocycles. The molecule has 0 bridgehead atoms. The number of hydrogen-bond donors (Lipinski definition) is 0. The second-order valence-electron chi connectivity index (χ2n) is 4.93. The summed E-state index contributed by atoms with van der Waals surface area (Å²) in [7, 11) is 4.45. The molecule has 2 rings (SSSR count). The van der Waals surface area contributed by atoms with Gasteiger partial charge in [0.25, 0.3) is 0 Å². The maximum Gasteiger partial charge on any atom is 0.0395 e. The molecule has 0 atom stereocenters. The Hall–Kier alpha value is -1.02. The third-order valence-corrected chi connectivity index (χ3v) is 3.73. The molecule has 0 spiro atoms. The van der Waals surface area contributed by atoms with E-state index in [9.17, 15) is 0 Å². The molecule has 1 saturated heterocycles. The molecule has 0 amide bonds. The second kappa shape index (κ2) is 4.88. The highest BCUT2D eigenvalue weighted by Crippen LogP contribution is 2.24. The Bertz CT molecular complexity index is 340. The van der Waals surface area contributed by atoms with Crippen molar-refractivity contribution in [1.82, 2.24) is 4.90 Å². The molecule has 2 nitrogen and oxygen atoms in total. The Balaban J connectivity index is 2.07. The van der Waals surface area contributed by atoms with E-state index in [1.165, 1.54) is 37.2 Å². The minimum absolute atomic E-state index is 0.706. The Labute approximate surface area is 98.9 Å². The van der Waals surface area contributed by atoms with E-state index in [1.807, 2.05) is 0 Å². The standard InChI is InChI=1S/C14H22N2/c1-12-6-4-5-7-14(12)16(3)13-8-10-15(2)11-9-13/h4-7,13H,8-11H2,1-3H3. The first-order valence-corrected chi connectivity index (χ1v) is 6.15. The lowest BCUT2D eigenvalue weighted by molar-refractivity contribution is 0.253. The first kappa shape index (κ1) is 11.5. The van der Waals surface area contributed by atoms with Crippen molar-refractivity contribution in [3.8, 4) is 0 Å². The summed E-state index contributed by atoms with van der Waals surface area (Å²) in [6.45, 7) is 4.64. The molecule has 1 heterocycles. The highest BCUT2D eigenvalue weighted by atomic mass is 15.2. The quantitative estimate of drug-likeness (QED) is 0.752. The summed E-state index contributed by atoms with van der Waals surface area (Å²) in [4.78, 5) is 4.88. The van der Waals surface area contributed by atoms with Crippen molar-refractivity contribution < 1.29 is 0 Å². The maximum atomic E-state index is 2.46. The van der Waals surface area contributed by atoms with Crippen LogP contribution in [0.2, 0.25) is 0 Å². The van der Waals surface area contributed by atoms with Gasteiger partial charge in [-0.05, 0) is 51.5 Å². The zero-order valence-electron chi connectivity index (χ0n) is 10.6. The van der Waals surface area contributed by atoms with E-state index in [1.54, 1.807) is 0 Å². The minimum Gasteiger partial charge on any atom is -0.371 e. The Morgan fingerprint density at radius 2 is 1.81 bits per heavy atom. The molecular weight excluding hydrogens is 196 g/mol. The van der Waals surface area contributed by atoms with E-state index in [-0.39, 0.29) is 0 Å². The van der Waals surface area contributed by atoms with Crippen molar-refractivity contribution in [1.29, 1.82) is 0 Å². The van der Waals surface area contributed by atoms with Gasteiger partial charge in [-0.15, -0.1) is 0 Å². The first-order valence-electron chi connectivity index (χ1n) is 6.15. The fourth-order valence-electron chi connectivity index (χ4n) is 2.54. The maximum absolute atomic E-state index is 2.46. The average molecular weight is 218 g/mol. The number of anilines is 1. The molecule has 1 aliphatic heterocycles. The van der Waals surface area contributed by atoms with Gasteiger partial charge in [0.05, 0.1) is 0 Å². The summed E-state index contributed by atoms with van der Waals surface area (Å²) in [6.07, 6.45) is 2.56. The number of likely N-dealkylation sites (tertiary alicyclic amines) is 1. The lowest BCUT2D eigenvalue weighted by atomic mass is 10.0. The first-order chi connectivity index (χ1) is 7.68. The molecule has 1 fully saturated rings. The second-order valence-corrected chi connectivity index (χ2v) is 4.93. The Morgan fingerprint density at radius 1 is 1.19 bits per heavy atom. The van der Waals surface area contributed by atoms with Gasteiger partial charge in [-0.25, -0.2) is 0 Å². The molecule has 88 valence electrons. The number of nitrogens with zero attached hydrogens (tertiary/aromatic N) is 2. The average Bonchev–Trinajstić information content (AvgIpc) is 2.30. The summed E-state index contributed by atoms with van der Waals surface area (Å²) in [5.74, 6) is 0. The van der Waals surface area contributed by atoms with Gasteiger partial charge in [-0.3, -0.25) is 0 Å². The van der Waals surface area contributed by atoms with Crippen LogP contribution < -0.4 is 4.90 Å². The zero-order valence-corrected chi connectivity index (χ0v) is 10.6. The lowest BCUT2D eigenvalue weighted by Gasteiger charge is -2.37. The molecular formula is C14H22N2. The third kappa shape index (κ3) is 2.38. The fourth-order valence-corrected chi connectivity index (χ4v) is 2.54. The molecule has 1 aromatic rings. The summed E-state index contributed by atoms with van der Waals surface area (Å²) < 4.78 is 0. The molecule has 0 saturated carbocycles. The monoisotopic (exact) mass is 218 g/mol. The van der Waals surface area contributed by atoms with Gasteiger partial charge in [-0.2, -0.15) is 0 Å². The largest absolute Gasteiger partial charge is 0.371 e. The molecule has 16 heavy (non-hydrogen) atoms. The number of piperidine rings is 1. The minimum atomic E-state index is 0.706. The van der Waals surface area contributed by atoms with E-state index in [0.717, 1.165) is 0 Å². The number of hydrogen-bond acceptors (Lipinski definition) is 2. The van der Waals surface area contributed by atoms with Crippen LogP contribution in [0.25, 0.3) is 0 Å². The molecule has 0 N–H and O–H groups in total. The SMILES string of the molecule is Cc1ccccc1N(C)C1CCN(C)CC1. The van der Waals surface area contributed by atoms with Crippen LogP contribution in [0.1, 0.15) is 18.4 Å². The van der Waals surface area contributed by atoms with E-state index in [0.29, 0.717) is 6.04 Å². The normalized spacial score (nSPS) is 18.7. The van der Waals surface area contributed by atoms with Crippen molar-refractivity contribution >= 4 is 5.69 Å². The Morgan fingerprint density at radius 3 is 2.44 bits per heavy atom. The van der Waals surface area contributed by atoms with Gasteiger partial charge in [-0.1, -0.05) is 18.2 Å². The molecule has 1 aliphatic rings. The molecule has 0 aliphatic carbocycles. The smallest absolute Gasteiger partial charge is 0.0395 e. The van der Waals surface area contributed by atoms with Crippen LogP contribution in [0.15, 0.2) is 24.3 Å². The van der Waals surface area contributed by atoms with Crippen molar-refractivity contribution in [3.05, 3.63) is 29.8 Å². The van der Waals surface area contributed by atoms with Crippen LogP contribution in [-0.2, 0) is 0 Å². The fraction of sp³-hybridized carbons (Fsp3) is 0.571. The summed E-state index contributed by atoms with van der Waals surface area (Å²) in [5, 5.41) is 0. The van der Waals surface area contributed by atoms with E-state index in [2.05, 4.69) is 55.1 Å². The number of rotatable bonds is 2. The molecule has 0 radical (unpaired) electrons. The van der Waals surface area contributed by atoms with Crippen LogP contribution in [-0.4, -0.2) is 38.1 Å². The van der Waals surface area contributed by atoms with Crippen LogP contribution >= 0.6 is 0 Å². The highest BCUT2D eigenvalue weighted by molar-refractivity contribution is 5.53. The molecule has 2 heteroatoms. The summed E-state index contributed by atoms with van der Waals surface area (Å²) in [5.41, 5.74) is 2.76. The molecule has 0 aromatic heterocycles. The van der Waals surface area contributed by atoms with Gasteiger partial charge in [0.2, 0.25) is 0 Å². The summed E-state index contributed by atoms with van der Waals surface area (Å²) in [6, 6.07) is 9.38.